The number of phenols is 1. The number of aromatic hydroxyl groups is 1. The van der Waals surface area contributed by atoms with E-state index in [2.05, 4.69) is 21.7 Å². The Bertz CT molecular complexity index is 753. The number of piperidine rings is 1. The van der Waals surface area contributed by atoms with Gasteiger partial charge in [0.05, 0.1) is 11.3 Å². The Morgan fingerprint density at radius 2 is 2.19 bits per heavy atom. The fraction of sp³-hybridized carbons (Fsp3) is 0.455. The quantitative estimate of drug-likeness (QED) is 0.698. The minimum atomic E-state index is -0.104. The number of nitrogens with zero attached hydrogens (tertiary/aromatic N) is 1. The van der Waals surface area contributed by atoms with Gasteiger partial charge in [-0.3, -0.25) is 9.78 Å². The summed E-state index contributed by atoms with van der Waals surface area (Å²) < 4.78 is 0. The van der Waals surface area contributed by atoms with Crippen molar-refractivity contribution in [3.63, 3.8) is 0 Å². The summed E-state index contributed by atoms with van der Waals surface area (Å²) in [7, 11) is 0. The highest BCUT2D eigenvalue weighted by Gasteiger charge is 2.13. The van der Waals surface area contributed by atoms with Gasteiger partial charge in [0.15, 0.2) is 0 Å². The van der Waals surface area contributed by atoms with Crippen molar-refractivity contribution in [1.82, 2.24) is 15.6 Å². The molecule has 1 aliphatic rings. The third-order valence-corrected chi connectivity index (χ3v) is 5.03. The molecule has 2 heterocycles. The van der Waals surface area contributed by atoms with E-state index in [1.54, 1.807) is 18.3 Å². The average molecular weight is 367 g/mol. The summed E-state index contributed by atoms with van der Waals surface area (Å²) in [5, 5.41) is 16.5. The number of amides is 1. The van der Waals surface area contributed by atoms with Crippen LogP contribution in [0.15, 0.2) is 36.5 Å². The number of carbonyl (C=O) groups excluding carboxylic acids is 1. The fourth-order valence-corrected chi connectivity index (χ4v) is 3.52. The van der Waals surface area contributed by atoms with Crippen molar-refractivity contribution in [2.75, 3.05) is 13.1 Å². The molecule has 0 spiro atoms. The molecule has 1 fully saturated rings. The fourth-order valence-electron chi connectivity index (χ4n) is 3.52. The molecule has 0 bridgehead atoms. The first kappa shape index (κ1) is 19.4. The number of hydrogen-bond acceptors (Lipinski definition) is 4. The summed E-state index contributed by atoms with van der Waals surface area (Å²) in [5.41, 5.74) is 3.30. The Morgan fingerprint density at radius 3 is 2.89 bits per heavy atom. The van der Waals surface area contributed by atoms with E-state index >= 15 is 0 Å². The summed E-state index contributed by atoms with van der Waals surface area (Å²) >= 11 is 0. The minimum Gasteiger partial charge on any atom is -0.508 e. The zero-order valence-electron chi connectivity index (χ0n) is 16.0. The maximum atomic E-state index is 12.0. The molecule has 2 aromatic rings. The number of pyridine rings is 1. The van der Waals surface area contributed by atoms with Crippen molar-refractivity contribution in [3.05, 3.63) is 47.7 Å². The summed E-state index contributed by atoms with van der Waals surface area (Å²) in [6, 6.07) is 9.83. The normalized spacial score (nSPS) is 16.9. The zero-order valence-corrected chi connectivity index (χ0v) is 16.0. The molecule has 1 aromatic carbocycles. The smallest absolute Gasteiger partial charge is 0.252 e. The van der Waals surface area contributed by atoms with E-state index in [-0.39, 0.29) is 11.7 Å². The van der Waals surface area contributed by atoms with Crippen LogP contribution in [0.25, 0.3) is 11.3 Å². The third kappa shape index (κ3) is 5.54. The maximum absolute atomic E-state index is 12.0. The molecule has 1 amide bonds. The summed E-state index contributed by atoms with van der Waals surface area (Å²) in [5.74, 6) is 0.151. The molecule has 1 aliphatic heterocycles. The van der Waals surface area contributed by atoms with Crippen LogP contribution in [0.1, 0.15) is 54.9 Å². The number of rotatable bonds is 7. The van der Waals surface area contributed by atoms with Crippen LogP contribution in [0.5, 0.6) is 5.75 Å². The molecule has 3 rings (SSSR count). The highest BCUT2D eigenvalue weighted by molar-refractivity contribution is 5.94. The van der Waals surface area contributed by atoms with E-state index in [4.69, 9.17) is 0 Å². The second-order valence-corrected chi connectivity index (χ2v) is 7.26. The highest BCUT2D eigenvalue weighted by Crippen LogP contribution is 2.25. The van der Waals surface area contributed by atoms with Crippen LogP contribution in [0.2, 0.25) is 0 Å². The Hall–Kier alpha value is -2.40. The van der Waals surface area contributed by atoms with Gasteiger partial charge in [-0.1, -0.05) is 13.3 Å². The van der Waals surface area contributed by atoms with Crippen LogP contribution in [0, 0.1) is 0 Å². The number of benzene rings is 1. The van der Waals surface area contributed by atoms with Gasteiger partial charge >= 0.3 is 0 Å². The minimum absolute atomic E-state index is 0.104. The number of nitrogens with one attached hydrogen (secondary N) is 2. The number of phenolic OH excluding ortho intramolecular Hbond substituents is 1. The molecule has 0 aliphatic carbocycles. The lowest BCUT2D eigenvalue weighted by atomic mass is 9.96. The first-order valence-electron chi connectivity index (χ1n) is 9.96. The molecule has 5 heteroatoms. The molecular weight excluding hydrogens is 338 g/mol. The molecule has 27 heavy (non-hydrogen) atoms. The lowest BCUT2D eigenvalue weighted by molar-refractivity contribution is 0.0953. The van der Waals surface area contributed by atoms with Gasteiger partial charge in [0.25, 0.3) is 5.91 Å². The highest BCUT2D eigenvalue weighted by atomic mass is 16.3. The molecule has 144 valence electrons. The van der Waals surface area contributed by atoms with Gasteiger partial charge in [-0.15, -0.1) is 0 Å². The van der Waals surface area contributed by atoms with E-state index in [1.165, 1.54) is 19.3 Å². The van der Waals surface area contributed by atoms with Gasteiger partial charge < -0.3 is 15.7 Å². The topological polar surface area (TPSA) is 74.2 Å². The molecule has 1 aromatic heterocycles. The Morgan fingerprint density at radius 1 is 1.30 bits per heavy atom. The standard InChI is InChI=1S/C22H29N3O2/c1-2-10-24-22(27)17-7-9-21(25-15-17)18-12-16(13-20(26)14-18)6-8-19-5-3-4-11-23-19/h7,9,12-15,19,23,26H,2-6,8,10-11H2,1H3,(H,24,27)/t19-/m0/s1. The average Bonchev–Trinajstić information content (AvgIpc) is 2.71. The largest absolute Gasteiger partial charge is 0.508 e. The Kier molecular flexibility index (Phi) is 6.82. The second kappa shape index (κ2) is 9.51. The van der Waals surface area contributed by atoms with Crippen molar-refractivity contribution >= 4 is 5.91 Å². The van der Waals surface area contributed by atoms with Gasteiger partial charge in [0, 0.05) is 24.3 Å². The van der Waals surface area contributed by atoms with Crippen molar-refractivity contribution in [2.24, 2.45) is 0 Å². The number of hydrogen-bond donors (Lipinski definition) is 3. The first-order chi connectivity index (χ1) is 13.2. The summed E-state index contributed by atoms with van der Waals surface area (Å²) in [6.45, 7) is 3.79. The van der Waals surface area contributed by atoms with E-state index in [9.17, 15) is 9.90 Å². The molecule has 5 nitrogen and oxygen atoms in total. The van der Waals surface area contributed by atoms with E-state index in [0.29, 0.717) is 18.2 Å². The summed E-state index contributed by atoms with van der Waals surface area (Å²) in [4.78, 5) is 16.4. The molecule has 1 atom stereocenters. The van der Waals surface area contributed by atoms with Crippen molar-refractivity contribution in [2.45, 2.75) is 51.5 Å². The molecule has 0 unspecified atom stereocenters. The van der Waals surface area contributed by atoms with Crippen LogP contribution in [0.4, 0.5) is 0 Å². The van der Waals surface area contributed by atoms with Gasteiger partial charge in [0.1, 0.15) is 5.75 Å². The van der Waals surface area contributed by atoms with Crippen LogP contribution in [0.3, 0.4) is 0 Å². The van der Waals surface area contributed by atoms with Gasteiger partial charge in [-0.05, 0) is 74.5 Å². The first-order valence-corrected chi connectivity index (χ1v) is 9.96. The second-order valence-electron chi connectivity index (χ2n) is 7.26. The Balaban J connectivity index is 1.68. The van der Waals surface area contributed by atoms with Crippen molar-refractivity contribution in [1.29, 1.82) is 0 Å². The lowest BCUT2D eigenvalue weighted by Gasteiger charge is -2.23. The third-order valence-electron chi connectivity index (χ3n) is 5.03. The SMILES string of the molecule is CCCNC(=O)c1ccc(-c2cc(O)cc(CC[C@@H]3CCCCN3)c2)nc1. The zero-order chi connectivity index (χ0) is 19.1. The lowest BCUT2D eigenvalue weighted by Crippen LogP contribution is -2.34. The van der Waals surface area contributed by atoms with Crippen LogP contribution < -0.4 is 10.6 Å². The van der Waals surface area contributed by atoms with E-state index in [0.717, 1.165) is 42.6 Å². The van der Waals surface area contributed by atoms with Gasteiger partial charge in [-0.25, -0.2) is 0 Å². The number of aryl methyl sites for hydroxylation is 1. The predicted molar refractivity (Wildman–Crippen MR) is 108 cm³/mol. The number of aromatic nitrogens is 1. The molecule has 1 saturated heterocycles. The summed E-state index contributed by atoms with van der Waals surface area (Å²) in [6.07, 6.45) is 8.30. The van der Waals surface area contributed by atoms with Crippen molar-refractivity contribution < 1.29 is 9.90 Å². The molecule has 0 radical (unpaired) electrons. The number of carbonyl (C=O) groups is 1. The van der Waals surface area contributed by atoms with E-state index < -0.39 is 0 Å². The van der Waals surface area contributed by atoms with Crippen molar-refractivity contribution in [3.8, 4) is 17.0 Å². The maximum Gasteiger partial charge on any atom is 0.252 e. The van der Waals surface area contributed by atoms with Crippen LogP contribution >= 0.6 is 0 Å². The van der Waals surface area contributed by atoms with E-state index in [1.807, 2.05) is 19.1 Å². The molecule has 3 N–H and O–H groups in total. The van der Waals surface area contributed by atoms with Gasteiger partial charge in [0.2, 0.25) is 0 Å². The van der Waals surface area contributed by atoms with Crippen LogP contribution in [-0.2, 0) is 6.42 Å². The van der Waals surface area contributed by atoms with Crippen LogP contribution in [-0.4, -0.2) is 35.1 Å². The Labute approximate surface area is 161 Å². The molecular formula is C22H29N3O2. The van der Waals surface area contributed by atoms with Gasteiger partial charge in [-0.2, -0.15) is 0 Å². The monoisotopic (exact) mass is 367 g/mol. The molecule has 0 saturated carbocycles. The predicted octanol–water partition coefficient (Wildman–Crippen LogP) is 3.67.